The molecule has 0 radical (unpaired) electrons. The molecule has 0 saturated heterocycles. The topological polar surface area (TPSA) is 8.17 Å². The number of hydrogen-bond acceptors (Lipinski definition) is 1. The Bertz CT molecular complexity index is 2270. The van der Waals surface area contributed by atoms with E-state index in [1.165, 1.54) is 55.2 Å². The van der Waals surface area contributed by atoms with Crippen LogP contribution >= 0.6 is 0 Å². The molecule has 46 heavy (non-hydrogen) atoms. The van der Waals surface area contributed by atoms with E-state index in [0.29, 0.717) is 0 Å². The predicted molar refractivity (Wildman–Crippen MR) is 193 cm³/mol. The van der Waals surface area contributed by atoms with Gasteiger partial charge in [-0.25, -0.2) is 0 Å². The van der Waals surface area contributed by atoms with Crippen LogP contribution in [-0.2, 0) is 5.41 Å². The molecule has 0 unspecified atom stereocenters. The van der Waals surface area contributed by atoms with Crippen molar-refractivity contribution in [2.45, 2.75) is 5.41 Å². The zero-order valence-electron chi connectivity index (χ0n) is 25.6. The average molecular weight is 589 g/mol. The maximum absolute atomic E-state index is 2.41. The molecule has 2 heteroatoms. The molecule has 7 aromatic carbocycles. The number of para-hydroxylation sites is 2. The fraction of sp³-hybridized carbons (Fsp3) is 0.0455. The lowest BCUT2D eigenvalue weighted by Gasteiger charge is -2.34. The second-order valence-corrected chi connectivity index (χ2v) is 12.2. The van der Waals surface area contributed by atoms with E-state index in [9.17, 15) is 0 Å². The van der Waals surface area contributed by atoms with Gasteiger partial charge in [0.05, 0.1) is 16.4 Å². The van der Waals surface area contributed by atoms with Gasteiger partial charge in [0.25, 0.3) is 0 Å². The highest BCUT2D eigenvalue weighted by Crippen LogP contribution is 2.56. The smallest absolute Gasteiger partial charge is 0.0714 e. The molecule has 0 N–H and O–H groups in total. The van der Waals surface area contributed by atoms with Gasteiger partial charge in [-0.3, -0.25) is 0 Å². The first-order chi connectivity index (χ1) is 22.7. The molecule has 1 aliphatic rings. The second-order valence-electron chi connectivity index (χ2n) is 12.2. The van der Waals surface area contributed by atoms with Gasteiger partial charge in [0.1, 0.15) is 0 Å². The van der Waals surface area contributed by atoms with Crippen molar-refractivity contribution in [2.24, 2.45) is 0 Å². The normalized spacial score (nSPS) is 13.1. The van der Waals surface area contributed by atoms with Gasteiger partial charge in [-0.05, 0) is 81.9 Å². The molecule has 218 valence electrons. The maximum atomic E-state index is 2.41. The quantitative estimate of drug-likeness (QED) is 0.194. The molecular weight excluding hydrogens is 556 g/mol. The number of hydrogen-bond donors (Lipinski definition) is 0. The van der Waals surface area contributed by atoms with Crippen molar-refractivity contribution < 1.29 is 0 Å². The Hall–Kier alpha value is -5.86. The van der Waals surface area contributed by atoms with Crippen LogP contribution in [0.3, 0.4) is 0 Å². The van der Waals surface area contributed by atoms with Gasteiger partial charge in [0.2, 0.25) is 0 Å². The molecule has 0 saturated carbocycles. The van der Waals surface area contributed by atoms with Crippen molar-refractivity contribution in [3.63, 3.8) is 0 Å². The Labute approximate surface area is 269 Å². The molecular formula is C44H32N2. The van der Waals surface area contributed by atoms with Gasteiger partial charge in [0, 0.05) is 34.9 Å². The van der Waals surface area contributed by atoms with Gasteiger partial charge in [-0.2, -0.15) is 0 Å². The minimum atomic E-state index is -0.411. The fourth-order valence-corrected chi connectivity index (χ4v) is 7.82. The summed E-state index contributed by atoms with van der Waals surface area (Å²) >= 11 is 0. The summed E-state index contributed by atoms with van der Waals surface area (Å²) in [6.07, 6.45) is 0. The molecule has 0 amide bonds. The van der Waals surface area contributed by atoms with Crippen LogP contribution in [0, 0.1) is 0 Å². The van der Waals surface area contributed by atoms with E-state index in [0.717, 1.165) is 17.1 Å². The van der Waals surface area contributed by atoms with Crippen molar-refractivity contribution in [3.05, 3.63) is 198 Å². The Morgan fingerprint density at radius 2 is 0.935 bits per heavy atom. The Kier molecular flexibility index (Phi) is 5.97. The molecule has 0 bridgehead atoms. The van der Waals surface area contributed by atoms with E-state index in [1.54, 1.807) is 0 Å². The van der Waals surface area contributed by atoms with E-state index in [-0.39, 0.29) is 0 Å². The first kappa shape index (κ1) is 26.5. The fourth-order valence-electron chi connectivity index (χ4n) is 7.82. The molecule has 1 heterocycles. The molecule has 2 nitrogen and oxygen atoms in total. The summed E-state index contributed by atoms with van der Waals surface area (Å²) in [4.78, 5) is 2.31. The number of aromatic nitrogens is 1. The second kappa shape index (κ2) is 10.4. The minimum absolute atomic E-state index is 0.411. The van der Waals surface area contributed by atoms with Crippen molar-refractivity contribution >= 4 is 33.2 Å². The lowest BCUT2D eigenvalue weighted by atomic mass is 9.67. The molecule has 1 aromatic heterocycles. The first-order valence-corrected chi connectivity index (χ1v) is 15.9. The highest BCUT2D eigenvalue weighted by molar-refractivity contribution is 6.09. The van der Waals surface area contributed by atoms with Crippen LogP contribution in [0.1, 0.15) is 22.3 Å². The van der Waals surface area contributed by atoms with Crippen LogP contribution in [0.15, 0.2) is 176 Å². The van der Waals surface area contributed by atoms with Crippen molar-refractivity contribution in [2.75, 3.05) is 11.9 Å². The van der Waals surface area contributed by atoms with E-state index >= 15 is 0 Å². The third-order valence-corrected chi connectivity index (χ3v) is 9.90. The van der Waals surface area contributed by atoms with Crippen LogP contribution in [0.5, 0.6) is 0 Å². The van der Waals surface area contributed by atoms with Crippen molar-refractivity contribution in [3.8, 4) is 16.8 Å². The summed E-state index contributed by atoms with van der Waals surface area (Å²) in [5.74, 6) is 0. The van der Waals surface area contributed by atoms with Crippen LogP contribution in [0.25, 0.3) is 38.6 Å². The summed E-state index contributed by atoms with van der Waals surface area (Å²) in [6, 6.07) is 64.2. The predicted octanol–water partition coefficient (Wildman–Crippen LogP) is 10.9. The van der Waals surface area contributed by atoms with Crippen molar-refractivity contribution in [1.82, 2.24) is 4.57 Å². The molecule has 0 atom stereocenters. The zero-order valence-corrected chi connectivity index (χ0v) is 25.6. The highest BCUT2D eigenvalue weighted by Gasteiger charge is 2.46. The minimum Gasteiger partial charge on any atom is -0.345 e. The number of nitrogens with zero attached hydrogens (tertiary/aromatic N) is 2. The SMILES string of the molecule is CN(c1ccc(-n2c3ccccc3c3ccccc32)cc1)c1ccc2c(c1)C(c1ccccc1)(c1ccccc1)c1ccccc1-2. The van der Waals surface area contributed by atoms with Crippen LogP contribution in [0.2, 0.25) is 0 Å². The number of rotatable bonds is 5. The van der Waals surface area contributed by atoms with Crippen molar-refractivity contribution in [1.29, 1.82) is 0 Å². The Morgan fingerprint density at radius 1 is 0.435 bits per heavy atom. The van der Waals surface area contributed by atoms with E-state index in [4.69, 9.17) is 0 Å². The summed E-state index contributed by atoms with van der Waals surface area (Å²) in [5, 5.41) is 2.55. The Morgan fingerprint density at radius 3 is 1.57 bits per heavy atom. The molecule has 0 fully saturated rings. The van der Waals surface area contributed by atoms with Gasteiger partial charge in [0.15, 0.2) is 0 Å². The lowest BCUT2D eigenvalue weighted by molar-refractivity contribution is 0.768. The molecule has 1 aliphatic carbocycles. The maximum Gasteiger partial charge on any atom is 0.0714 e. The summed E-state index contributed by atoms with van der Waals surface area (Å²) in [6.45, 7) is 0. The Balaban J connectivity index is 1.18. The van der Waals surface area contributed by atoms with Gasteiger partial charge in [-0.15, -0.1) is 0 Å². The van der Waals surface area contributed by atoms with Gasteiger partial charge >= 0.3 is 0 Å². The average Bonchev–Trinajstić information content (AvgIpc) is 3.63. The largest absolute Gasteiger partial charge is 0.345 e. The molecule has 0 spiro atoms. The summed E-state index contributed by atoms with van der Waals surface area (Å²) < 4.78 is 2.37. The van der Waals surface area contributed by atoms with E-state index < -0.39 is 5.41 Å². The monoisotopic (exact) mass is 588 g/mol. The van der Waals surface area contributed by atoms with E-state index in [2.05, 4.69) is 192 Å². The standard InChI is InChI=1S/C44H32N2/c1-45(33-24-26-34(27-25-33)46-42-22-12-9-19-38(42)39-20-10-13-23-43(39)46)35-28-29-37-36-18-8-11-21-40(36)44(41(37)30-35,31-14-4-2-5-15-31)32-16-6-3-7-17-32/h2-30H,1H3. The number of anilines is 2. The van der Waals surface area contributed by atoms with E-state index in [1.807, 2.05) is 0 Å². The third-order valence-electron chi connectivity index (χ3n) is 9.90. The lowest BCUT2D eigenvalue weighted by Crippen LogP contribution is -2.28. The zero-order chi connectivity index (χ0) is 30.7. The van der Waals surface area contributed by atoms with Crippen LogP contribution < -0.4 is 4.90 Å². The first-order valence-electron chi connectivity index (χ1n) is 15.9. The van der Waals surface area contributed by atoms with Gasteiger partial charge in [-0.1, -0.05) is 127 Å². The third kappa shape index (κ3) is 3.77. The molecule has 9 rings (SSSR count). The summed E-state index contributed by atoms with van der Waals surface area (Å²) in [7, 11) is 2.17. The molecule has 8 aromatic rings. The summed E-state index contributed by atoms with van der Waals surface area (Å²) in [5.41, 5.74) is 13.3. The highest BCUT2D eigenvalue weighted by atomic mass is 15.1. The van der Waals surface area contributed by atoms with Gasteiger partial charge < -0.3 is 9.47 Å². The molecule has 0 aliphatic heterocycles. The van der Waals surface area contributed by atoms with Crippen LogP contribution in [-0.4, -0.2) is 11.6 Å². The number of fused-ring (bicyclic) bond motifs is 6. The number of benzene rings is 7. The van der Waals surface area contributed by atoms with Crippen LogP contribution in [0.4, 0.5) is 11.4 Å².